The molecular weight excluding hydrogens is 252 g/mol. The van der Waals surface area contributed by atoms with Crippen molar-refractivity contribution in [3.63, 3.8) is 0 Å². The lowest BCUT2D eigenvalue weighted by Crippen LogP contribution is -2.35. The van der Waals surface area contributed by atoms with Gasteiger partial charge in [0.05, 0.1) is 11.8 Å². The molecule has 1 rings (SSSR count). The lowest BCUT2D eigenvalue weighted by molar-refractivity contribution is 0.129. The highest BCUT2D eigenvalue weighted by molar-refractivity contribution is 7.89. The first-order chi connectivity index (χ1) is 8.24. The van der Waals surface area contributed by atoms with Crippen LogP contribution in [0.5, 0.6) is 0 Å². The SMILES string of the molecule is Cc1ccc(S(=O)(=O)NCC(O)C(C)C)c(N)c1. The first-order valence-electron chi connectivity index (χ1n) is 5.78. The molecule has 0 heterocycles. The molecule has 18 heavy (non-hydrogen) atoms. The van der Waals surface area contributed by atoms with Crippen molar-refractivity contribution in [3.8, 4) is 0 Å². The van der Waals surface area contributed by atoms with E-state index < -0.39 is 16.1 Å². The molecular formula is C12H20N2O3S. The third kappa shape index (κ3) is 3.69. The number of nitrogens with two attached hydrogens (primary N) is 1. The van der Waals surface area contributed by atoms with Gasteiger partial charge in [0, 0.05) is 6.54 Å². The molecule has 0 amide bonds. The number of hydrogen-bond acceptors (Lipinski definition) is 4. The zero-order valence-corrected chi connectivity index (χ0v) is 11.7. The maximum Gasteiger partial charge on any atom is 0.242 e. The summed E-state index contributed by atoms with van der Waals surface area (Å²) in [4.78, 5) is 0.0454. The van der Waals surface area contributed by atoms with Crippen LogP contribution in [0.4, 0.5) is 5.69 Å². The van der Waals surface area contributed by atoms with Crippen molar-refractivity contribution < 1.29 is 13.5 Å². The minimum absolute atomic E-state index is 0.0111. The lowest BCUT2D eigenvalue weighted by atomic mass is 10.1. The summed E-state index contributed by atoms with van der Waals surface area (Å²) >= 11 is 0. The van der Waals surface area contributed by atoms with Crippen LogP contribution in [0.3, 0.4) is 0 Å². The fourth-order valence-corrected chi connectivity index (χ4v) is 2.58. The first kappa shape index (κ1) is 14.9. The molecule has 0 saturated carbocycles. The van der Waals surface area contributed by atoms with Gasteiger partial charge in [0.15, 0.2) is 0 Å². The predicted octanol–water partition coefficient (Wildman–Crippen LogP) is 0.872. The Kier molecular flexibility index (Phi) is 4.72. The third-order valence-electron chi connectivity index (χ3n) is 2.71. The monoisotopic (exact) mass is 272 g/mol. The molecule has 0 fully saturated rings. The van der Waals surface area contributed by atoms with E-state index >= 15 is 0 Å². The number of hydrogen-bond donors (Lipinski definition) is 3. The van der Waals surface area contributed by atoms with E-state index in [4.69, 9.17) is 5.73 Å². The molecule has 0 spiro atoms. The van der Waals surface area contributed by atoms with Crippen LogP contribution in [0, 0.1) is 12.8 Å². The number of aliphatic hydroxyl groups is 1. The van der Waals surface area contributed by atoms with Crippen molar-refractivity contribution in [1.29, 1.82) is 0 Å². The van der Waals surface area contributed by atoms with Crippen molar-refractivity contribution in [2.24, 2.45) is 5.92 Å². The Balaban J connectivity index is 2.87. The van der Waals surface area contributed by atoms with E-state index in [0.29, 0.717) is 0 Å². The number of sulfonamides is 1. The van der Waals surface area contributed by atoms with Gasteiger partial charge in [-0.3, -0.25) is 0 Å². The summed E-state index contributed by atoms with van der Waals surface area (Å²) in [6.07, 6.45) is -0.716. The number of benzene rings is 1. The Labute approximate surface area is 108 Å². The van der Waals surface area contributed by atoms with Gasteiger partial charge in [0.25, 0.3) is 0 Å². The molecule has 0 aliphatic carbocycles. The molecule has 0 radical (unpaired) electrons. The molecule has 0 aromatic heterocycles. The highest BCUT2D eigenvalue weighted by Crippen LogP contribution is 2.19. The van der Waals surface area contributed by atoms with E-state index in [0.717, 1.165) is 5.56 Å². The van der Waals surface area contributed by atoms with Crippen LogP contribution in [0.15, 0.2) is 23.1 Å². The van der Waals surface area contributed by atoms with Gasteiger partial charge in [-0.25, -0.2) is 13.1 Å². The van der Waals surface area contributed by atoms with E-state index in [-0.39, 0.29) is 23.0 Å². The average molecular weight is 272 g/mol. The third-order valence-corrected chi connectivity index (χ3v) is 4.20. The van der Waals surface area contributed by atoms with Crippen molar-refractivity contribution in [2.45, 2.75) is 31.8 Å². The number of nitrogen functional groups attached to an aromatic ring is 1. The zero-order valence-electron chi connectivity index (χ0n) is 10.8. The largest absolute Gasteiger partial charge is 0.398 e. The molecule has 1 aromatic rings. The maximum atomic E-state index is 12.0. The molecule has 0 aliphatic heterocycles. The topological polar surface area (TPSA) is 92.4 Å². The van der Waals surface area contributed by atoms with Crippen molar-refractivity contribution >= 4 is 15.7 Å². The second-order valence-corrected chi connectivity index (χ2v) is 6.44. The van der Waals surface area contributed by atoms with E-state index in [1.807, 2.05) is 20.8 Å². The predicted molar refractivity (Wildman–Crippen MR) is 71.6 cm³/mol. The van der Waals surface area contributed by atoms with Crippen LogP contribution in [0.2, 0.25) is 0 Å². The molecule has 4 N–H and O–H groups in total. The van der Waals surface area contributed by atoms with E-state index in [1.54, 1.807) is 12.1 Å². The number of aryl methyl sites for hydroxylation is 1. The number of rotatable bonds is 5. The van der Waals surface area contributed by atoms with Gasteiger partial charge in [0.2, 0.25) is 10.0 Å². The molecule has 102 valence electrons. The molecule has 1 atom stereocenters. The van der Waals surface area contributed by atoms with Crippen molar-refractivity contribution in [2.75, 3.05) is 12.3 Å². The molecule has 1 aromatic carbocycles. The van der Waals surface area contributed by atoms with Gasteiger partial charge in [-0.05, 0) is 30.5 Å². The summed E-state index contributed by atoms with van der Waals surface area (Å²) in [5.41, 5.74) is 6.80. The van der Waals surface area contributed by atoms with Gasteiger partial charge < -0.3 is 10.8 Å². The summed E-state index contributed by atoms with van der Waals surface area (Å²) in [7, 11) is -3.67. The highest BCUT2D eigenvalue weighted by Gasteiger charge is 2.19. The first-order valence-corrected chi connectivity index (χ1v) is 7.26. The normalized spacial score (nSPS) is 13.8. The van der Waals surface area contributed by atoms with Crippen LogP contribution in [-0.4, -0.2) is 26.2 Å². The number of aliphatic hydroxyl groups excluding tert-OH is 1. The Morgan fingerprint density at radius 1 is 1.39 bits per heavy atom. The smallest absolute Gasteiger partial charge is 0.242 e. The van der Waals surface area contributed by atoms with Gasteiger partial charge in [-0.1, -0.05) is 19.9 Å². The van der Waals surface area contributed by atoms with Crippen LogP contribution < -0.4 is 10.5 Å². The van der Waals surface area contributed by atoms with Crippen LogP contribution >= 0.6 is 0 Å². The van der Waals surface area contributed by atoms with Crippen molar-refractivity contribution in [3.05, 3.63) is 23.8 Å². The quantitative estimate of drug-likeness (QED) is 0.694. The maximum absolute atomic E-state index is 12.0. The minimum Gasteiger partial charge on any atom is -0.398 e. The average Bonchev–Trinajstić information content (AvgIpc) is 2.25. The Morgan fingerprint density at radius 3 is 2.50 bits per heavy atom. The second kappa shape index (κ2) is 5.69. The van der Waals surface area contributed by atoms with Crippen LogP contribution in [-0.2, 0) is 10.0 Å². The van der Waals surface area contributed by atoms with Gasteiger partial charge >= 0.3 is 0 Å². The molecule has 0 aliphatic rings. The Bertz CT molecular complexity index is 512. The summed E-state index contributed by atoms with van der Waals surface area (Å²) in [6, 6.07) is 4.76. The molecule has 0 bridgehead atoms. The number of anilines is 1. The van der Waals surface area contributed by atoms with E-state index in [2.05, 4.69) is 4.72 Å². The Hall–Kier alpha value is -1.11. The molecule has 6 heteroatoms. The fourth-order valence-electron chi connectivity index (χ4n) is 1.42. The van der Waals surface area contributed by atoms with E-state index in [9.17, 15) is 13.5 Å². The van der Waals surface area contributed by atoms with Crippen LogP contribution in [0.1, 0.15) is 19.4 Å². The number of nitrogens with one attached hydrogen (secondary N) is 1. The molecule has 1 unspecified atom stereocenters. The van der Waals surface area contributed by atoms with Gasteiger partial charge in [-0.2, -0.15) is 0 Å². The highest BCUT2D eigenvalue weighted by atomic mass is 32.2. The zero-order chi connectivity index (χ0) is 13.9. The second-order valence-electron chi connectivity index (χ2n) is 4.70. The molecule has 0 saturated heterocycles. The summed E-state index contributed by atoms with van der Waals surface area (Å²) in [5.74, 6) is -0.0111. The summed E-state index contributed by atoms with van der Waals surface area (Å²) in [5, 5.41) is 9.59. The van der Waals surface area contributed by atoms with Crippen molar-refractivity contribution in [1.82, 2.24) is 4.72 Å². The standard InChI is InChI=1S/C12H20N2O3S/c1-8(2)11(15)7-14-18(16,17)12-5-4-9(3)6-10(12)13/h4-6,8,11,14-15H,7,13H2,1-3H3. The fraction of sp³-hybridized carbons (Fsp3) is 0.500. The summed E-state index contributed by atoms with van der Waals surface area (Å²) in [6.45, 7) is 5.45. The minimum atomic E-state index is -3.67. The lowest BCUT2D eigenvalue weighted by Gasteiger charge is -2.16. The summed E-state index contributed by atoms with van der Waals surface area (Å²) < 4.78 is 26.3. The van der Waals surface area contributed by atoms with E-state index in [1.165, 1.54) is 6.07 Å². The van der Waals surface area contributed by atoms with Gasteiger partial charge in [0.1, 0.15) is 4.90 Å². The Morgan fingerprint density at radius 2 is 2.00 bits per heavy atom. The van der Waals surface area contributed by atoms with Gasteiger partial charge in [-0.15, -0.1) is 0 Å². The molecule has 5 nitrogen and oxygen atoms in total. The van der Waals surface area contributed by atoms with Crippen LogP contribution in [0.25, 0.3) is 0 Å².